The number of aliphatic hydroxyl groups is 4. The van der Waals surface area contributed by atoms with Crippen molar-refractivity contribution in [1.29, 1.82) is 0 Å². The van der Waals surface area contributed by atoms with E-state index in [0.29, 0.717) is 26.2 Å². The summed E-state index contributed by atoms with van der Waals surface area (Å²) in [4.78, 5) is 0. The summed E-state index contributed by atoms with van der Waals surface area (Å²) in [6, 6.07) is 0. The Bertz CT molecular complexity index is 192. The van der Waals surface area contributed by atoms with Gasteiger partial charge in [-0.15, -0.1) is 0 Å². The van der Waals surface area contributed by atoms with Gasteiger partial charge in [0.2, 0.25) is 0 Å². The van der Waals surface area contributed by atoms with Gasteiger partial charge in [0.15, 0.2) is 0 Å². The first-order chi connectivity index (χ1) is 9.66. The first kappa shape index (κ1) is 37.9. The van der Waals surface area contributed by atoms with Gasteiger partial charge in [-0.25, -0.2) is 0 Å². The summed E-state index contributed by atoms with van der Waals surface area (Å²) in [5.41, 5.74) is 19.1. The van der Waals surface area contributed by atoms with Gasteiger partial charge in [-0.1, -0.05) is 0 Å². The van der Waals surface area contributed by atoms with Crippen molar-refractivity contribution in [3.8, 4) is 0 Å². The van der Waals surface area contributed by atoms with E-state index in [1.807, 2.05) is 0 Å². The van der Waals surface area contributed by atoms with Crippen molar-refractivity contribution >= 4 is 10.4 Å². The molecule has 12 N–H and O–H groups in total. The van der Waals surface area contributed by atoms with E-state index >= 15 is 0 Å². The fraction of sp³-hybridized carbons (Fsp3) is 1.00. The smallest absolute Gasteiger partial charge is 0.759 e. The average Bonchev–Trinajstić information content (AvgIpc) is 2.45. The summed E-state index contributed by atoms with van der Waals surface area (Å²) in [6.45, 7) is 1.89. The molecule has 0 atom stereocenters. The second kappa shape index (κ2) is 42.9. The zero-order chi connectivity index (χ0) is 18.2. The van der Waals surface area contributed by atoms with Gasteiger partial charge in [0.05, 0.1) is 26.4 Å². The molecule has 22 heavy (non-hydrogen) atoms. The monoisotopic (exact) mass is 403 g/mol. The molecular formula is C8H28CuN4O8S. The summed E-state index contributed by atoms with van der Waals surface area (Å²) in [5.74, 6) is 0. The molecule has 0 aromatic carbocycles. The van der Waals surface area contributed by atoms with Crippen molar-refractivity contribution in [3.63, 3.8) is 0 Å². The van der Waals surface area contributed by atoms with E-state index in [-0.39, 0.29) is 43.5 Å². The first-order valence-corrected chi connectivity index (χ1v) is 6.90. The minimum Gasteiger partial charge on any atom is -0.759 e. The van der Waals surface area contributed by atoms with E-state index in [0.717, 1.165) is 0 Å². The summed E-state index contributed by atoms with van der Waals surface area (Å²) in [7, 11) is -5.17. The zero-order valence-corrected chi connectivity index (χ0v) is 13.9. The molecule has 0 unspecified atom stereocenters. The minimum atomic E-state index is -5.17. The Kier molecular flexibility index (Phi) is 73.9. The molecule has 0 aromatic rings. The predicted molar refractivity (Wildman–Crippen MR) is 75.0 cm³/mol. The van der Waals surface area contributed by atoms with Gasteiger partial charge >= 0.3 is 17.1 Å². The summed E-state index contributed by atoms with van der Waals surface area (Å²) >= 11 is 0. The summed E-state index contributed by atoms with van der Waals surface area (Å²) in [5, 5.41) is 31.0. The van der Waals surface area contributed by atoms with Crippen molar-refractivity contribution in [2.45, 2.75) is 0 Å². The van der Waals surface area contributed by atoms with Crippen LogP contribution in [-0.4, -0.2) is 90.6 Å². The Labute approximate surface area is 141 Å². The largest absolute Gasteiger partial charge is 2.00 e. The fourth-order valence-electron chi connectivity index (χ4n) is 0. The molecule has 0 saturated heterocycles. The van der Waals surface area contributed by atoms with E-state index in [2.05, 4.69) is 0 Å². The Morgan fingerprint density at radius 1 is 0.636 bits per heavy atom. The van der Waals surface area contributed by atoms with E-state index in [1.165, 1.54) is 0 Å². The number of nitrogens with two attached hydrogens (primary N) is 4. The standard InChI is InChI=1S/4C2H7NO.Cu.H2O4S/c4*3-1-2-4;;1-5(2,3)4/h4*4H,1-3H2;;(H2,1,2,3,4)/q;;;;+2;/p-2. The van der Waals surface area contributed by atoms with Crippen LogP contribution in [0.1, 0.15) is 0 Å². The number of hydrogen-bond donors (Lipinski definition) is 8. The van der Waals surface area contributed by atoms with Crippen LogP contribution in [0, 0.1) is 0 Å². The van der Waals surface area contributed by atoms with Crippen LogP contribution < -0.4 is 22.9 Å². The maximum atomic E-state index is 8.52. The van der Waals surface area contributed by atoms with Crippen LogP contribution in [0.25, 0.3) is 0 Å². The number of aliphatic hydroxyl groups excluding tert-OH is 4. The van der Waals surface area contributed by atoms with E-state index < -0.39 is 10.4 Å². The molecule has 0 aliphatic carbocycles. The van der Waals surface area contributed by atoms with Crippen molar-refractivity contribution in [2.75, 3.05) is 52.6 Å². The van der Waals surface area contributed by atoms with E-state index in [4.69, 9.17) is 60.9 Å². The molecule has 12 nitrogen and oxygen atoms in total. The Hall–Kier alpha value is 0.0695. The van der Waals surface area contributed by atoms with Gasteiger partial charge in [-0.05, 0) is 0 Å². The normalized spacial score (nSPS) is 8.09. The molecule has 0 fully saturated rings. The third-order valence-corrected chi connectivity index (χ3v) is 0.516. The molecule has 1 radical (unpaired) electrons. The molecule has 0 aliphatic rings. The van der Waals surface area contributed by atoms with Crippen LogP contribution in [0.2, 0.25) is 0 Å². The Morgan fingerprint density at radius 3 is 0.682 bits per heavy atom. The Morgan fingerprint density at radius 2 is 0.682 bits per heavy atom. The SMILES string of the molecule is NCCO.NCCO.NCCO.NCCO.O=S(=O)([O-])[O-].[Cu+2]. The molecular weight excluding hydrogens is 376 g/mol. The van der Waals surface area contributed by atoms with Gasteiger partial charge in [0.1, 0.15) is 0 Å². The first-order valence-electron chi connectivity index (χ1n) is 5.56. The van der Waals surface area contributed by atoms with Crippen LogP contribution in [0.3, 0.4) is 0 Å². The third kappa shape index (κ3) is 441. The molecule has 0 rings (SSSR count). The van der Waals surface area contributed by atoms with Crippen LogP contribution in [0.5, 0.6) is 0 Å². The van der Waals surface area contributed by atoms with Gasteiger partial charge in [0.25, 0.3) is 0 Å². The van der Waals surface area contributed by atoms with Crippen molar-refractivity contribution in [1.82, 2.24) is 0 Å². The van der Waals surface area contributed by atoms with Crippen LogP contribution in [-0.2, 0) is 27.5 Å². The molecule has 145 valence electrons. The third-order valence-electron chi connectivity index (χ3n) is 0.516. The topological polar surface area (TPSA) is 265 Å². The van der Waals surface area contributed by atoms with Gasteiger partial charge < -0.3 is 52.5 Å². The van der Waals surface area contributed by atoms with Gasteiger partial charge in [-0.3, -0.25) is 8.42 Å². The van der Waals surface area contributed by atoms with Crippen molar-refractivity contribution in [2.24, 2.45) is 22.9 Å². The molecule has 0 amide bonds. The molecule has 0 bridgehead atoms. The fourth-order valence-corrected chi connectivity index (χ4v) is 0. The molecule has 14 heteroatoms. The van der Waals surface area contributed by atoms with Crippen molar-refractivity contribution in [3.05, 3.63) is 0 Å². The molecule has 0 aromatic heterocycles. The van der Waals surface area contributed by atoms with Crippen LogP contribution in [0.4, 0.5) is 0 Å². The summed E-state index contributed by atoms with van der Waals surface area (Å²) in [6.07, 6.45) is 0. The Balaban J connectivity index is -0.0000000361. The van der Waals surface area contributed by atoms with E-state index in [1.54, 1.807) is 0 Å². The van der Waals surface area contributed by atoms with Crippen molar-refractivity contribution < 1.29 is 55.0 Å². The predicted octanol–water partition coefficient (Wildman–Crippen LogP) is -5.59. The number of rotatable bonds is 4. The van der Waals surface area contributed by atoms with Gasteiger partial charge in [0, 0.05) is 36.6 Å². The second-order valence-corrected chi connectivity index (χ2v) is 3.27. The minimum absolute atomic E-state index is 0. The van der Waals surface area contributed by atoms with E-state index in [9.17, 15) is 0 Å². The molecule has 0 saturated carbocycles. The summed E-state index contributed by atoms with van der Waals surface area (Å²) < 4.78 is 34.1. The number of hydrogen-bond acceptors (Lipinski definition) is 12. The quantitative estimate of drug-likeness (QED) is 0.124. The zero-order valence-electron chi connectivity index (χ0n) is 12.1. The molecule has 0 heterocycles. The molecule has 0 aliphatic heterocycles. The van der Waals surface area contributed by atoms with Gasteiger partial charge in [-0.2, -0.15) is 0 Å². The molecule has 0 spiro atoms. The second-order valence-electron chi connectivity index (χ2n) is 2.46. The maximum Gasteiger partial charge on any atom is 2.00 e. The maximum absolute atomic E-state index is 8.52. The average molecular weight is 404 g/mol. The van der Waals surface area contributed by atoms with Crippen LogP contribution >= 0.6 is 0 Å². The van der Waals surface area contributed by atoms with Crippen LogP contribution in [0.15, 0.2) is 0 Å².